The van der Waals surface area contributed by atoms with Crippen molar-refractivity contribution in [2.75, 3.05) is 25.4 Å². The van der Waals surface area contributed by atoms with Gasteiger partial charge in [-0.25, -0.2) is 0 Å². The van der Waals surface area contributed by atoms with Crippen LogP contribution in [-0.2, 0) is 11.8 Å². The molecule has 0 saturated carbocycles. The molecule has 1 aliphatic rings. The standard InChI is InChI=1S/C12H19N5O2/c1-16-11(13)9(8-15-16)12(19)14-5-4-10(18)17-6-2-3-7-17/h8H,2-7,13H2,1H3,(H,14,19). The molecule has 1 aliphatic heterocycles. The first-order chi connectivity index (χ1) is 9.09. The van der Waals surface area contributed by atoms with Gasteiger partial charge in [0.1, 0.15) is 11.4 Å². The molecule has 104 valence electrons. The molecule has 1 saturated heterocycles. The van der Waals surface area contributed by atoms with Crippen molar-refractivity contribution < 1.29 is 9.59 Å². The summed E-state index contributed by atoms with van der Waals surface area (Å²) in [6.07, 6.45) is 3.90. The number of nitrogens with zero attached hydrogens (tertiary/aromatic N) is 3. The van der Waals surface area contributed by atoms with Crippen LogP contribution in [0.4, 0.5) is 5.82 Å². The average Bonchev–Trinajstić information content (AvgIpc) is 3.01. The van der Waals surface area contributed by atoms with Gasteiger partial charge in [-0.05, 0) is 12.8 Å². The maximum Gasteiger partial charge on any atom is 0.256 e. The molecule has 0 radical (unpaired) electrons. The summed E-state index contributed by atoms with van der Waals surface area (Å²) in [5.74, 6) is 0.125. The highest BCUT2D eigenvalue weighted by atomic mass is 16.2. The fourth-order valence-corrected chi connectivity index (χ4v) is 2.12. The second-order valence-corrected chi connectivity index (χ2v) is 4.66. The number of hydrogen-bond donors (Lipinski definition) is 2. The summed E-state index contributed by atoms with van der Waals surface area (Å²) < 4.78 is 1.43. The van der Waals surface area contributed by atoms with E-state index in [0.717, 1.165) is 25.9 Å². The zero-order valence-electron chi connectivity index (χ0n) is 11.1. The Morgan fingerprint density at radius 1 is 1.42 bits per heavy atom. The molecular formula is C12H19N5O2. The van der Waals surface area contributed by atoms with Gasteiger partial charge in [-0.15, -0.1) is 0 Å². The molecule has 7 heteroatoms. The summed E-state index contributed by atoms with van der Waals surface area (Å²) in [5.41, 5.74) is 6.04. The largest absolute Gasteiger partial charge is 0.383 e. The van der Waals surface area contributed by atoms with Crippen molar-refractivity contribution in [1.82, 2.24) is 20.0 Å². The van der Waals surface area contributed by atoms with E-state index in [1.54, 1.807) is 7.05 Å². The van der Waals surface area contributed by atoms with Crippen molar-refractivity contribution >= 4 is 17.6 Å². The summed E-state index contributed by atoms with van der Waals surface area (Å²) in [6, 6.07) is 0. The number of amides is 2. The van der Waals surface area contributed by atoms with E-state index in [2.05, 4.69) is 10.4 Å². The smallest absolute Gasteiger partial charge is 0.256 e. The number of carbonyl (C=O) groups excluding carboxylic acids is 2. The topological polar surface area (TPSA) is 93.2 Å². The first kappa shape index (κ1) is 13.4. The van der Waals surface area contributed by atoms with E-state index >= 15 is 0 Å². The number of hydrogen-bond acceptors (Lipinski definition) is 4. The monoisotopic (exact) mass is 265 g/mol. The molecule has 7 nitrogen and oxygen atoms in total. The molecule has 0 atom stereocenters. The SMILES string of the molecule is Cn1ncc(C(=O)NCCC(=O)N2CCCC2)c1N. The molecule has 0 aromatic carbocycles. The van der Waals surface area contributed by atoms with Gasteiger partial charge in [-0.1, -0.05) is 0 Å². The summed E-state index contributed by atoms with van der Waals surface area (Å²) >= 11 is 0. The van der Waals surface area contributed by atoms with Gasteiger partial charge in [0, 0.05) is 33.1 Å². The Hall–Kier alpha value is -2.05. The van der Waals surface area contributed by atoms with Crippen LogP contribution in [0.5, 0.6) is 0 Å². The van der Waals surface area contributed by atoms with Crippen molar-refractivity contribution in [2.24, 2.45) is 7.05 Å². The lowest BCUT2D eigenvalue weighted by atomic mass is 10.3. The minimum Gasteiger partial charge on any atom is -0.383 e. The first-order valence-electron chi connectivity index (χ1n) is 6.43. The number of rotatable bonds is 4. The predicted octanol–water partition coefficient (Wildman–Crippen LogP) is -0.255. The highest BCUT2D eigenvalue weighted by Crippen LogP contribution is 2.10. The van der Waals surface area contributed by atoms with E-state index < -0.39 is 0 Å². The maximum absolute atomic E-state index is 11.8. The Labute approximate surface area is 111 Å². The number of aryl methyl sites for hydroxylation is 1. The molecule has 1 fully saturated rings. The van der Waals surface area contributed by atoms with Crippen LogP contribution < -0.4 is 11.1 Å². The van der Waals surface area contributed by atoms with Gasteiger partial charge in [0.25, 0.3) is 5.91 Å². The third kappa shape index (κ3) is 3.04. The minimum absolute atomic E-state index is 0.0944. The fraction of sp³-hybridized carbons (Fsp3) is 0.583. The van der Waals surface area contributed by atoms with E-state index in [-0.39, 0.29) is 11.8 Å². The molecule has 1 aromatic rings. The van der Waals surface area contributed by atoms with E-state index in [9.17, 15) is 9.59 Å². The van der Waals surface area contributed by atoms with Crippen molar-refractivity contribution in [3.05, 3.63) is 11.8 Å². The Morgan fingerprint density at radius 3 is 2.68 bits per heavy atom. The van der Waals surface area contributed by atoms with Crippen LogP contribution in [-0.4, -0.2) is 46.1 Å². The second kappa shape index (κ2) is 5.73. The number of anilines is 1. The molecular weight excluding hydrogens is 246 g/mol. The molecule has 19 heavy (non-hydrogen) atoms. The lowest BCUT2D eigenvalue weighted by molar-refractivity contribution is -0.129. The number of nitrogens with one attached hydrogen (secondary N) is 1. The highest BCUT2D eigenvalue weighted by molar-refractivity contribution is 5.98. The fourth-order valence-electron chi connectivity index (χ4n) is 2.12. The van der Waals surface area contributed by atoms with Crippen LogP contribution in [0.1, 0.15) is 29.6 Å². The molecule has 2 heterocycles. The van der Waals surface area contributed by atoms with Gasteiger partial charge < -0.3 is 16.0 Å². The summed E-state index contributed by atoms with van der Waals surface area (Å²) in [5, 5.41) is 6.59. The summed E-state index contributed by atoms with van der Waals surface area (Å²) in [7, 11) is 1.67. The van der Waals surface area contributed by atoms with Crippen LogP contribution in [0.25, 0.3) is 0 Å². The number of aromatic nitrogens is 2. The van der Waals surface area contributed by atoms with Gasteiger partial charge in [-0.3, -0.25) is 14.3 Å². The Balaban J connectivity index is 1.78. The molecule has 0 aliphatic carbocycles. The third-order valence-corrected chi connectivity index (χ3v) is 3.31. The quantitative estimate of drug-likeness (QED) is 0.784. The zero-order valence-corrected chi connectivity index (χ0v) is 11.1. The van der Waals surface area contributed by atoms with Gasteiger partial charge in [0.2, 0.25) is 5.91 Å². The van der Waals surface area contributed by atoms with Crippen LogP contribution in [0.2, 0.25) is 0 Å². The molecule has 0 spiro atoms. The lowest BCUT2D eigenvalue weighted by Gasteiger charge is -2.15. The van der Waals surface area contributed by atoms with Crippen LogP contribution >= 0.6 is 0 Å². The van der Waals surface area contributed by atoms with Crippen LogP contribution in [0, 0.1) is 0 Å². The Kier molecular flexibility index (Phi) is 4.03. The maximum atomic E-state index is 11.8. The summed E-state index contributed by atoms with van der Waals surface area (Å²) in [6.45, 7) is 1.99. The third-order valence-electron chi connectivity index (χ3n) is 3.31. The highest BCUT2D eigenvalue weighted by Gasteiger charge is 2.18. The van der Waals surface area contributed by atoms with Crippen molar-refractivity contribution in [3.8, 4) is 0 Å². The zero-order chi connectivity index (χ0) is 13.8. The number of carbonyl (C=O) groups is 2. The van der Waals surface area contributed by atoms with Crippen LogP contribution in [0.15, 0.2) is 6.20 Å². The number of nitrogen functional groups attached to an aromatic ring is 1. The van der Waals surface area contributed by atoms with Gasteiger partial charge in [-0.2, -0.15) is 5.10 Å². The lowest BCUT2D eigenvalue weighted by Crippen LogP contribution is -2.32. The van der Waals surface area contributed by atoms with Crippen molar-refractivity contribution in [3.63, 3.8) is 0 Å². The van der Waals surface area contributed by atoms with Crippen LogP contribution in [0.3, 0.4) is 0 Å². The molecule has 2 amide bonds. The number of nitrogens with two attached hydrogens (primary N) is 1. The molecule has 0 bridgehead atoms. The van der Waals surface area contributed by atoms with Crippen molar-refractivity contribution in [1.29, 1.82) is 0 Å². The average molecular weight is 265 g/mol. The molecule has 1 aromatic heterocycles. The molecule has 3 N–H and O–H groups in total. The number of likely N-dealkylation sites (tertiary alicyclic amines) is 1. The van der Waals surface area contributed by atoms with E-state index in [0.29, 0.717) is 24.3 Å². The van der Waals surface area contributed by atoms with Gasteiger partial charge in [0.15, 0.2) is 0 Å². The summed E-state index contributed by atoms with van der Waals surface area (Å²) in [4.78, 5) is 25.4. The molecule has 2 rings (SSSR count). The van der Waals surface area contributed by atoms with E-state index in [1.807, 2.05) is 4.90 Å². The normalized spacial score (nSPS) is 14.7. The minimum atomic E-state index is -0.292. The molecule has 0 unspecified atom stereocenters. The predicted molar refractivity (Wildman–Crippen MR) is 70.4 cm³/mol. The Bertz CT molecular complexity index is 476. The second-order valence-electron chi connectivity index (χ2n) is 4.66. The van der Waals surface area contributed by atoms with E-state index in [4.69, 9.17) is 5.73 Å². The van der Waals surface area contributed by atoms with Crippen molar-refractivity contribution in [2.45, 2.75) is 19.3 Å². The van der Waals surface area contributed by atoms with E-state index in [1.165, 1.54) is 10.9 Å². The first-order valence-corrected chi connectivity index (χ1v) is 6.43. The Morgan fingerprint density at radius 2 is 2.11 bits per heavy atom. The van der Waals surface area contributed by atoms with Gasteiger partial charge >= 0.3 is 0 Å². The van der Waals surface area contributed by atoms with Gasteiger partial charge in [0.05, 0.1) is 6.20 Å².